The lowest BCUT2D eigenvalue weighted by Gasteiger charge is -2.31. The number of hydrogen-bond donors (Lipinski definition) is 3. The van der Waals surface area contributed by atoms with E-state index in [1.54, 1.807) is 7.05 Å². The minimum absolute atomic E-state index is 0.179. The average molecular weight is 299 g/mol. The maximum Gasteiger partial charge on any atom is 0.326 e. The van der Waals surface area contributed by atoms with Gasteiger partial charge in [0, 0.05) is 6.04 Å². The summed E-state index contributed by atoms with van der Waals surface area (Å²) in [6, 6.07) is -0.142. The highest BCUT2D eigenvalue weighted by Crippen LogP contribution is 2.38. The highest BCUT2D eigenvalue weighted by atomic mass is 16.5. The van der Waals surface area contributed by atoms with Crippen LogP contribution in [-0.2, 0) is 14.3 Å². The molecule has 1 saturated carbocycles. The van der Waals surface area contributed by atoms with Crippen LogP contribution in [0.25, 0.3) is 0 Å². The van der Waals surface area contributed by atoms with E-state index in [9.17, 15) is 9.59 Å². The summed E-state index contributed by atoms with van der Waals surface area (Å²) in [6.07, 6.45) is 2.98. The Bertz CT molecular complexity index is 373. The van der Waals surface area contributed by atoms with Gasteiger partial charge < -0.3 is 15.8 Å². The largest absolute Gasteiger partial charge is 0.465 e. The Balaban J connectivity index is 2.76. The molecule has 3 atom stereocenters. The lowest BCUT2D eigenvalue weighted by Crippen LogP contribution is -2.54. The Hall–Kier alpha value is -1.14. The SMILES string of the molecule is CCOC(=O)C1(NC(C)C)CCC(CC(NC)C(N)=O)C1. The van der Waals surface area contributed by atoms with E-state index in [0.29, 0.717) is 19.4 Å². The van der Waals surface area contributed by atoms with Gasteiger partial charge in [-0.2, -0.15) is 0 Å². The summed E-state index contributed by atoms with van der Waals surface area (Å²) in [7, 11) is 1.73. The molecule has 0 aromatic heterocycles. The van der Waals surface area contributed by atoms with E-state index in [2.05, 4.69) is 10.6 Å². The number of carbonyl (C=O) groups is 2. The molecule has 1 fully saturated rings. The predicted octanol–water partition coefficient (Wildman–Crippen LogP) is 0.550. The molecule has 0 aromatic rings. The van der Waals surface area contributed by atoms with E-state index in [1.165, 1.54) is 0 Å². The number of hydrogen-bond acceptors (Lipinski definition) is 5. The van der Waals surface area contributed by atoms with Crippen molar-refractivity contribution in [3.8, 4) is 0 Å². The molecule has 1 aliphatic rings. The second-order valence-electron chi connectivity index (χ2n) is 6.19. The van der Waals surface area contributed by atoms with Crippen LogP contribution in [0.1, 0.15) is 46.5 Å². The molecule has 1 amide bonds. The van der Waals surface area contributed by atoms with Crippen molar-refractivity contribution in [2.24, 2.45) is 11.7 Å². The van der Waals surface area contributed by atoms with E-state index in [4.69, 9.17) is 10.5 Å². The van der Waals surface area contributed by atoms with Gasteiger partial charge in [0.2, 0.25) is 5.91 Å². The molecule has 0 heterocycles. The van der Waals surface area contributed by atoms with Crippen LogP contribution >= 0.6 is 0 Å². The van der Waals surface area contributed by atoms with Crippen LogP contribution in [0.15, 0.2) is 0 Å². The summed E-state index contributed by atoms with van der Waals surface area (Å²) in [5, 5.41) is 6.32. The molecule has 0 spiro atoms. The second-order valence-corrected chi connectivity index (χ2v) is 6.19. The molecule has 4 N–H and O–H groups in total. The van der Waals surface area contributed by atoms with Gasteiger partial charge in [-0.1, -0.05) is 0 Å². The molecule has 3 unspecified atom stereocenters. The smallest absolute Gasteiger partial charge is 0.326 e. The van der Waals surface area contributed by atoms with Crippen molar-refractivity contribution in [3.05, 3.63) is 0 Å². The van der Waals surface area contributed by atoms with Crippen LogP contribution in [0.3, 0.4) is 0 Å². The third-order valence-corrected chi connectivity index (χ3v) is 4.11. The van der Waals surface area contributed by atoms with Crippen LogP contribution in [0.4, 0.5) is 0 Å². The van der Waals surface area contributed by atoms with E-state index in [-0.39, 0.29) is 29.9 Å². The van der Waals surface area contributed by atoms with Gasteiger partial charge in [-0.3, -0.25) is 14.9 Å². The molecule has 1 rings (SSSR count). The molecule has 0 aliphatic heterocycles. The maximum atomic E-state index is 12.3. The van der Waals surface area contributed by atoms with Gasteiger partial charge in [-0.05, 0) is 59.4 Å². The summed E-state index contributed by atoms with van der Waals surface area (Å²) in [5.74, 6) is -0.241. The van der Waals surface area contributed by atoms with E-state index in [0.717, 1.165) is 12.8 Å². The van der Waals surface area contributed by atoms with Crippen molar-refractivity contribution in [1.29, 1.82) is 0 Å². The van der Waals surface area contributed by atoms with Crippen molar-refractivity contribution < 1.29 is 14.3 Å². The van der Waals surface area contributed by atoms with E-state index >= 15 is 0 Å². The quantitative estimate of drug-likeness (QED) is 0.569. The van der Waals surface area contributed by atoms with Gasteiger partial charge >= 0.3 is 5.97 Å². The van der Waals surface area contributed by atoms with Gasteiger partial charge in [-0.15, -0.1) is 0 Å². The number of rotatable bonds is 8. The molecule has 122 valence electrons. The summed E-state index contributed by atoms with van der Waals surface area (Å²) >= 11 is 0. The number of nitrogens with two attached hydrogens (primary N) is 1. The Morgan fingerprint density at radius 1 is 1.43 bits per heavy atom. The van der Waals surface area contributed by atoms with E-state index in [1.807, 2.05) is 20.8 Å². The number of amides is 1. The van der Waals surface area contributed by atoms with Crippen molar-refractivity contribution in [2.45, 2.75) is 64.1 Å². The summed E-state index contributed by atoms with van der Waals surface area (Å²) in [5.41, 5.74) is 4.75. The topological polar surface area (TPSA) is 93.4 Å². The molecule has 0 bridgehead atoms. The Labute approximate surface area is 127 Å². The zero-order chi connectivity index (χ0) is 16.0. The molecule has 6 heteroatoms. The molecular formula is C15H29N3O3. The number of ether oxygens (including phenoxy) is 1. The first-order valence-corrected chi connectivity index (χ1v) is 7.76. The first-order chi connectivity index (χ1) is 9.84. The number of carbonyl (C=O) groups excluding carboxylic acids is 2. The van der Waals surface area contributed by atoms with Gasteiger partial charge in [-0.25, -0.2) is 0 Å². The van der Waals surface area contributed by atoms with E-state index < -0.39 is 5.54 Å². The van der Waals surface area contributed by atoms with Crippen molar-refractivity contribution in [1.82, 2.24) is 10.6 Å². The number of nitrogens with one attached hydrogen (secondary N) is 2. The zero-order valence-electron chi connectivity index (χ0n) is 13.6. The fourth-order valence-corrected chi connectivity index (χ4v) is 3.26. The first-order valence-electron chi connectivity index (χ1n) is 7.76. The van der Waals surface area contributed by atoms with Crippen LogP contribution < -0.4 is 16.4 Å². The third-order valence-electron chi connectivity index (χ3n) is 4.11. The average Bonchev–Trinajstić information content (AvgIpc) is 2.79. The molecular weight excluding hydrogens is 270 g/mol. The van der Waals surface area contributed by atoms with Gasteiger partial charge in [0.05, 0.1) is 12.6 Å². The predicted molar refractivity (Wildman–Crippen MR) is 81.6 cm³/mol. The second kappa shape index (κ2) is 7.75. The lowest BCUT2D eigenvalue weighted by atomic mass is 9.92. The zero-order valence-corrected chi connectivity index (χ0v) is 13.6. The molecule has 0 aromatic carbocycles. The third kappa shape index (κ3) is 4.68. The minimum atomic E-state index is -0.620. The molecule has 6 nitrogen and oxygen atoms in total. The number of primary amides is 1. The van der Waals surface area contributed by atoms with Gasteiger partial charge in [0.1, 0.15) is 5.54 Å². The Morgan fingerprint density at radius 3 is 2.57 bits per heavy atom. The Kier molecular flexibility index (Phi) is 6.61. The number of likely N-dealkylation sites (N-methyl/N-ethyl adjacent to an activating group) is 1. The van der Waals surface area contributed by atoms with Gasteiger partial charge in [0.15, 0.2) is 0 Å². The van der Waals surface area contributed by atoms with Crippen molar-refractivity contribution in [3.63, 3.8) is 0 Å². The van der Waals surface area contributed by atoms with Gasteiger partial charge in [0.25, 0.3) is 0 Å². The standard InChI is InChI=1S/C15H29N3O3/c1-5-21-14(20)15(18-10(2)3)7-6-11(9-15)8-12(17-4)13(16)19/h10-12,17-18H,5-9H2,1-4H3,(H2,16,19). The van der Waals surface area contributed by atoms with Crippen molar-refractivity contribution >= 4 is 11.9 Å². The van der Waals surface area contributed by atoms with Crippen molar-refractivity contribution in [2.75, 3.05) is 13.7 Å². The molecule has 0 radical (unpaired) electrons. The number of esters is 1. The molecule has 0 saturated heterocycles. The summed E-state index contributed by atoms with van der Waals surface area (Å²) in [6.45, 7) is 6.24. The maximum absolute atomic E-state index is 12.3. The first kappa shape index (κ1) is 17.9. The Morgan fingerprint density at radius 2 is 2.10 bits per heavy atom. The lowest BCUT2D eigenvalue weighted by molar-refractivity contribution is -0.151. The fourth-order valence-electron chi connectivity index (χ4n) is 3.26. The highest BCUT2D eigenvalue weighted by molar-refractivity contribution is 5.82. The fraction of sp³-hybridized carbons (Fsp3) is 0.867. The minimum Gasteiger partial charge on any atom is -0.465 e. The normalized spacial score (nSPS) is 26.8. The van der Waals surface area contributed by atoms with Crippen LogP contribution in [0, 0.1) is 5.92 Å². The highest BCUT2D eigenvalue weighted by Gasteiger charge is 2.47. The van der Waals surface area contributed by atoms with Crippen LogP contribution in [-0.4, -0.2) is 43.2 Å². The summed E-state index contributed by atoms with van der Waals surface area (Å²) in [4.78, 5) is 23.7. The van der Waals surface area contributed by atoms with Crippen LogP contribution in [0.2, 0.25) is 0 Å². The molecule has 21 heavy (non-hydrogen) atoms. The monoisotopic (exact) mass is 299 g/mol. The van der Waals surface area contributed by atoms with Crippen LogP contribution in [0.5, 0.6) is 0 Å². The molecule has 1 aliphatic carbocycles. The summed E-state index contributed by atoms with van der Waals surface area (Å²) < 4.78 is 5.25.